The van der Waals surface area contributed by atoms with Crippen molar-refractivity contribution in [1.29, 1.82) is 0 Å². The van der Waals surface area contributed by atoms with Crippen molar-refractivity contribution in [3.63, 3.8) is 0 Å². The molecule has 3 nitrogen and oxygen atoms in total. The van der Waals surface area contributed by atoms with Crippen LogP contribution < -0.4 is 5.73 Å². The van der Waals surface area contributed by atoms with E-state index in [4.69, 9.17) is 17.3 Å². The fraction of sp³-hybridized carbons (Fsp3) is 0.200. The average molecular weight is 240 g/mol. The van der Waals surface area contributed by atoms with Crippen LogP contribution >= 0.6 is 23.3 Å². The summed E-state index contributed by atoms with van der Waals surface area (Å²) in [6, 6.07) is 7.58. The maximum absolute atomic E-state index is 5.98. The third kappa shape index (κ3) is 2.75. The van der Waals surface area contributed by atoms with E-state index in [-0.39, 0.29) is 6.04 Å². The van der Waals surface area contributed by atoms with Gasteiger partial charge in [-0.2, -0.15) is 8.75 Å². The van der Waals surface area contributed by atoms with Gasteiger partial charge in [0, 0.05) is 5.02 Å². The van der Waals surface area contributed by atoms with E-state index in [1.807, 2.05) is 24.3 Å². The first-order chi connectivity index (χ1) is 7.25. The Morgan fingerprint density at radius 3 is 3.00 bits per heavy atom. The minimum absolute atomic E-state index is 0.109. The quantitative estimate of drug-likeness (QED) is 0.895. The molecule has 78 valence electrons. The van der Waals surface area contributed by atoms with Gasteiger partial charge in [0.2, 0.25) is 0 Å². The highest BCUT2D eigenvalue weighted by Gasteiger charge is 2.09. The van der Waals surface area contributed by atoms with Gasteiger partial charge in [0.15, 0.2) is 0 Å². The minimum atomic E-state index is -0.109. The summed E-state index contributed by atoms with van der Waals surface area (Å²) in [5.41, 5.74) is 7.93. The number of hydrogen-bond acceptors (Lipinski definition) is 4. The molecular formula is C10H10ClN3S. The highest BCUT2D eigenvalue weighted by Crippen LogP contribution is 2.17. The summed E-state index contributed by atoms with van der Waals surface area (Å²) in [5, 5.41) is 0.733. The zero-order chi connectivity index (χ0) is 10.7. The van der Waals surface area contributed by atoms with Crippen LogP contribution in [0.3, 0.4) is 0 Å². The van der Waals surface area contributed by atoms with Crippen molar-refractivity contribution >= 4 is 23.3 Å². The van der Waals surface area contributed by atoms with Gasteiger partial charge < -0.3 is 5.73 Å². The second kappa shape index (κ2) is 4.70. The second-order valence-corrected chi connectivity index (χ2v) is 4.27. The summed E-state index contributed by atoms with van der Waals surface area (Å²) in [5.74, 6) is 0. The van der Waals surface area contributed by atoms with E-state index in [9.17, 15) is 0 Å². The summed E-state index contributed by atoms with van der Waals surface area (Å²) in [4.78, 5) is 0. The smallest absolute Gasteiger partial charge is 0.0913 e. The molecule has 1 aromatic heterocycles. The Labute approximate surface area is 97.2 Å². The SMILES string of the molecule is NC(Cc1cccc(Cl)c1)c1cnsn1. The molecule has 0 aliphatic carbocycles. The van der Waals surface area contributed by atoms with Crippen LogP contribution in [0.25, 0.3) is 0 Å². The Kier molecular flexibility index (Phi) is 3.30. The molecule has 2 rings (SSSR count). The van der Waals surface area contributed by atoms with Crippen LogP contribution in [0.4, 0.5) is 0 Å². The molecule has 1 unspecified atom stereocenters. The largest absolute Gasteiger partial charge is 0.322 e. The van der Waals surface area contributed by atoms with Gasteiger partial charge in [-0.3, -0.25) is 0 Å². The Balaban J connectivity index is 2.09. The molecule has 0 radical (unpaired) electrons. The topological polar surface area (TPSA) is 51.8 Å². The lowest BCUT2D eigenvalue weighted by Crippen LogP contribution is -2.13. The Hall–Kier alpha value is -0.970. The molecule has 0 saturated heterocycles. The van der Waals surface area contributed by atoms with E-state index in [0.717, 1.165) is 22.7 Å². The van der Waals surface area contributed by atoms with E-state index < -0.39 is 0 Å². The zero-order valence-corrected chi connectivity index (χ0v) is 9.50. The molecule has 2 aromatic rings. The van der Waals surface area contributed by atoms with Crippen molar-refractivity contribution in [3.8, 4) is 0 Å². The highest BCUT2D eigenvalue weighted by molar-refractivity contribution is 6.99. The molecule has 1 atom stereocenters. The van der Waals surface area contributed by atoms with Crippen LogP contribution in [0, 0.1) is 0 Å². The van der Waals surface area contributed by atoms with Gasteiger partial charge in [0.25, 0.3) is 0 Å². The summed E-state index contributed by atoms with van der Waals surface area (Å²) >= 11 is 7.06. The van der Waals surface area contributed by atoms with Crippen molar-refractivity contribution < 1.29 is 0 Å². The van der Waals surface area contributed by atoms with E-state index in [1.165, 1.54) is 11.7 Å². The lowest BCUT2D eigenvalue weighted by Gasteiger charge is -2.08. The number of halogens is 1. The summed E-state index contributed by atoms with van der Waals surface area (Å²) in [6.45, 7) is 0. The van der Waals surface area contributed by atoms with Crippen LogP contribution in [0.15, 0.2) is 30.5 Å². The van der Waals surface area contributed by atoms with Crippen LogP contribution in [0.2, 0.25) is 5.02 Å². The van der Waals surface area contributed by atoms with Gasteiger partial charge in [0.1, 0.15) is 0 Å². The molecule has 0 aliphatic heterocycles. The second-order valence-electron chi connectivity index (χ2n) is 3.27. The van der Waals surface area contributed by atoms with E-state index in [0.29, 0.717) is 0 Å². The fourth-order valence-electron chi connectivity index (χ4n) is 1.36. The lowest BCUT2D eigenvalue weighted by atomic mass is 10.0. The van der Waals surface area contributed by atoms with Crippen molar-refractivity contribution in [1.82, 2.24) is 8.75 Å². The molecule has 0 amide bonds. The maximum Gasteiger partial charge on any atom is 0.0913 e. The molecule has 0 bridgehead atoms. The number of benzene rings is 1. The van der Waals surface area contributed by atoms with Crippen LogP contribution in [-0.2, 0) is 6.42 Å². The number of hydrogen-bond donors (Lipinski definition) is 1. The Morgan fingerprint density at radius 2 is 2.33 bits per heavy atom. The van der Waals surface area contributed by atoms with Gasteiger partial charge in [-0.25, -0.2) is 0 Å². The number of nitrogens with zero attached hydrogens (tertiary/aromatic N) is 2. The Morgan fingerprint density at radius 1 is 1.47 bits per heavy atom. The number of aromatic nitrogens is 2. The molecule has 2 N–H and O–H groups in total. The van der Waals surface area contributed by atoms with E-state index >= 15 is 0 Å². The van der Waals surface area contributed by atoms with Crippen LogP contribution in [-0.4, -0.2) is 8.75 Å². The first kappa shape index (κ1) is 10.5. The number of rotatable bonds is 3. The highest BCUT2D eigenvalue weighted by atomic mass is 35.5. The molecule has 0 fully saturated rings. The molecule has 0 aliphatic rings. The minimum Gasteiger partial charge on any atom is -0.322 e. The first-order valence-corrected chi connectivity index (χ1v) is 5.64. The van der Waals surface area contributed by atoms with Gasteiger partial charge in [0.05, 0.1) is 29.7 Å². The van der Waals surface area contributed by atoms with Crippen molar-refractivity contribution in [2.75, 3.05) is 0 Å². The summed E-state index contributed by atoms with van der Waals surface area (Å²) < 4.78 is 8.03. The molecule has 15 heavy (non-hydrogen) atoms. The van der Waals surface area contributed by atoms with Crippen LogP contribution in [0.5, 0.6) is 0 Å². The van der Waals surface area contributed by atoms with Crippen molar-refractivity contribution in [2.24, 2.45) is 5.73 Å². The third-order valence-electron chi connectivity index (χ3n) is 2.10. The molecule has 0 spiro atoms. The molecular weight excluding hydrogens is 230 g/mol. The average Bonchev–Trinajstić information content (AvgIpc) is 2.70. The van der Waals surface area contributed by atoms with Crippen LogP contribution in [0.1, 0.15) is 17.3 Å². The zero-order valence-electron chi connectivity index (χ0n) is 7.93. The summed E-state index contributed by atoms with van der Waals surface area (Å²) in [6.07, 6.45) is 2.44. The standard InChI is InChI=1S/C10H10ClN3S/c11-8-3-1-2-7(4-8)5-9(12)10-6-13-15-14-10/h1-4,6,9H,5,12H2. The van der Waals surface area contributed by atoms with Gasteiger partial charge in [-0.1, -0.05) is 23.7 Å². The predicted octanol–water partition coefficient (Wildman–Crippen LogP) is 2.43. The fourth-order valence-corrected chi connectivity index (χ4v) is 2.05. The molecule has 0 saturated carbocycles. The van der Waals surface area contributed by atoms with Gasteiger partial charge in [-0.15, -0.1) is 0 Å². The Bertz CT molecular complexity index is 430. The predicted molar refractivity (Wildman–Crippen MR) is 62.0 cm³/mol. The molecule has 5 heteroatoms. The lowest BCUT2D eigenvalue weighted by molar-refractivity contribution is 0.704. The van der Waals surface area contributed by atoms with Gasteiger partial charge >= 0.3 is 0 Å². The maximum atomic E-state index is 5.98. The van der Waals surface area contributed by atoms with E-state index in [2.05, 4.69) is 8.75 Å². The monoisotopic (exact) mass is 239 g/mol. The third-order valence-corrected chi connectivity index (χ3v) is 2.83. The molecule has 1 heterocycles. The van der Waals surface area contributed by atoms with Crippen molar-refractivity contribution in [2.45, 2.75) is 12.5 Å². The normalized spacial score (nSPS) is 12.7. The summed E-state index contributed by atoms with van der Waals surface area (Å²) in [7, 11) is 0. The van der Waals surface area contributed by atoms with E-state index in [1.54, 1.807) is 6.20 Å². The first-order valence-electron chi connectivity index (χ1n) is 4.53. The van der Waals surface area contributed by atoms with Crippen molar-refractivity contribution in [3.05, 3.63) is 46.7 Å². The van der Waals surface area contributed by atoms with Gasteiger partial charge in [-0.05, 0) is 24.1 Å². The molecule has 1 aromatic carbocycles. The number of nitrogens with two attached hydrogens (primary N) is 1.